The molecule has 0 radical (unpaired) electrons. The molecule has 0 unspecified atom stereocenters. The van der Waals surface area contributed by atoms with Crippen LogP contribution in [0.5, 0.6) is 0 Å². The number of carbonyl (C=O) groups is 1. The van der Waals surface area contributed by atoms with Gasteiger partial charge in [0.15, 0.2) is 0 Å². The van der Waals surface area contributed by atoms with Crippen molar-refractivity contribution >= 4 is 5.97 Å². The van der Waals surface area contributed by atoms with Gasteiger partial charge >= 0.3 is 5.97 Å². The van der Waals surface area contributed by atoms with Crippen molar-refractivity contribution < 1.29 is 13.9 Å². The lowest BCUT2D eigenvalue weighted by atomic mass is 9.90. The molecule has 3 heteroatoms. The fourth-order valence-corrected chi connectivity index (χ4v) is 2.91. The molecule has 60 valence electrons. The van der Waals surface area contributed by atoms with Crippen molar-refractivity contribution in [3.05, 3.63) is 0 Å². The standard InChI is InChI=1S/C8H9FO2/c9-7-3-1-4-6(7)5(2-3)11-8(4)10/h3-7H,1-2H2/t3-,4-,5-,6-,7-/m1/s1. The molecular weight excluding hydrogens is 147 g/mol. The largest absolute Gasteiger partial charge is 0.462 e. The minimum Gasteiger partial charge on any atom is -0.462 e. The molecule has 0 aromatic heterocycles. The van der Waals surface area contributed by atoms with E-state index in [0.717, 1.165) is 12.8 Å². The maximum Gasteiger partial charge on any atom is 0.309 e. The topological polar surface area (TPSA) is 26.3 Å². The molecule has 0 amide bonds. The van der Waals surface area contributed by atoms with Crippen LogP contribution in [0.25, 0.3) is 0 Å². The highest BCUT2D eigenvalue weighted by molar-refractivity contribution is 5.76. The van der Waals surface area contributed by atoms with Crippen molar-refractivity contribution in [3.63, 3.8) is 0 Å². The van der Waals surface area contributed by atoms with E-state index in [2.05, 4.69) is 0 Å². The molecule has 3 aliphatic rings. The van der Waals surface area contributed by atoms with E-state index in [4.69, 9.17) is 4.74 Å². The SMILES string of the molecule is O=C1O[C@@H]2C[C@H]3C[C@@H]1[C@H]2[C@@H]3F. The first-order valence-corrected chi connectivity index (χ1v) is 4.12. The number of hydrogen-bond donors (Lipinski definition) is 0. The Morgan fingerprint density at radius 3 is 2.82 bits per heavy atom. The van der Waals surface area contributed by atoms with Crippen LogP contribution < -0.4 is 0 Å². The Balaban J connectivity index is 2.05. The summed E-state index contributed by atoms with van der Waals surface area (Å²) in [5.74, 6) is -0.189. The number of fused-ring (bicyclic) bond motifs is 1. The fraction of sp³-hybridized carbons (Fsp3) is 0.875. The van der Waals surface area contributed by atoms with E-state index >= 15 is 0 Å². The summed E-state index contributed by atoms with van der Waals surface area (Å²) in [5.41, 5.74) is 0. The van der Waals surface area contributed by atoms with Crippen LogP contribution in [0, 0.1) is 17.8 Å². The monoisotopic (exact) mass is 156 g/mol. The molecule has 3 fully saturated rings. The average Bonchev–Trinajstić information content (AvgIpc) is 2.47. The second-order valence-corrected chi connectivity index (χ2v) is 3.84. The van der Waals surface area contributed by atoms with Gasteiger partial charge in [-0.1, -0.05) is 0 Å². The van der Waals surface area contributed by atoms with Crippen molar-refractivity contribution in [2.24, 2.45) is 17.8 Å². The van der Waals surface area contributed by atoms with E-state index in [1.165, 1.54) is 0 Å². The third-order valence-corrected chi connectivity index (χ3v) is 3.37. The first kappa shape index (κ1) is 5.98. The number of ether oxygens (including phenoxy) is 1. The predicted molar refractivity (Wildman–Crippen MR) is 34.5 cm³/mol. The van der Waals surface area contributed by atoms with Crippen molar-refractivity contribution in [1.29, 1.82) is 0 Å². The van der Waals surface area contributed by atoms with Gasteiger partial charge in [-0.05, 0) is 18.8 Å². The van der Waals surface area contributed by atoms with Crippen LogP contribution in [0.4, 0.5) is 4.39 Å². The molecule has 1 aliphatic heterocycles. The number of carbonyl (C=O) groups excluding carboxylic acids is 1. The molecule has 2 nitrogen and oxygen atoms in total. The lowest BCUT2D eigenvalue weighted by Gasteiger charge is -2.10. The zero-order valence-corrected chi connectivity index (χ0v) is 6.00. The molecule has 1 saturated heterocycles. The van der Waals surface area contributed by atoms with Crippen LogP contribution in [0.3, 0.4) is 0 Å². The molecule has 0 aromatic carbocycles. The molecule has 2 aliphatic carbocycles. The summed E-state index contributed by atoms with van der Waals surface area (Å²) in [6.45, 7) is 0. The summed E-state index contributed by atoms with van der Waals surface area (Å²) in [6, 6.07) is 0. The van der Waals surface area contributed by atoms with Gasteiger partial charge in [-0.25, -0.2) is 4.39 Å². The minimum atomic E-state index is -0.753. The van der Waals surface area contributed by atoms with E-state index in [-0.39, 0.29) is 29.8 Å². The number of hydrogen-bond acceptors (Lipinski definition) is 2. The summed E-state index contributed by atoms with van der Waals surface area (Å²) in [4.78, 5) is 11.0. The van der Waals surface area contributed by atoms with Gasteiger partial charge in [-0.2, -0.15) is 0 Å². The smallest absolute Gasteiger partial charge is 0.309 e. The highest BCUT2D eigenvalue weighted by Crippen LogP contribution is 2.55. The lowest BCUT2D eigenvalue weighted by Crippen LogP contribution is -2.18. The van der Waals surface area contributed by atoms with E-state index < -0.39 is 6.17 Å². The molecule has 2 saturated carbocycles. The van der Waals surface area contributed by atoms with Crippen LogP contribution in [0.1, 0.15) is 12.8 Å². The first-order chi connectivity index (χ1) is 5.27. The molecule has 0 spiro atoms. The number of esters is 1. The van der Waals surface area contributed by atoms with E-state index in [1.54, 1.807) is 0 Å². The average molecular weight is 156 g/mol. The highest BCUT2D eigenvalue weighted by Gasteiger charge is 2.62. The molecular formula is C8H9FO2. The van der Waals surface area contributed by atoms with Crippen molar-refractivity contribution in [2.75, 3.05) is 0 Å². The van der Waals surface area contributed by atoms with Crippen molar-refractivity contribution in [2.45, 2.75) is 25.1 Å². The van der Waals surface area contributed by atoms with Crippen LogP contribution in [0.15, 0.2) is 0 Å². The summed E-state index contributed by atoms with van der Waals surface area (Å²) >= 11 is 0. The zero-order valence-electron chi connectivity index (χ0n) is 6.00. The Bertz CT molecular complexity index is 228. The van der Waals surface area contributed by atoms with Gasteiger partial charge in [0.25, 0.3) is 0 Å². The van der Waals surface area contributed by atoms with E-state index in [9.17, 15) is 9.18 Å². The third kappa shape index (κ3) is 0.522. The van der Waals surface area contributed by atoms with Gasteiger partial charge in [-0.15, -0.1) is 0 Å². The molecule has 5 atom stereocenters. The van der Waals surface area contributed by atoms with Crippen LogP contribution in [-0.2, 0) is 9.53 Å². The second-order valence-electron chi connectivity index (χ2n) is 3.84. The predicted octanol–water partition coefficient (Wildman–Crippen LogP) is 0.906. The maximum absolute atomic E-state index is 13.3. The molecule has 11 heavy (non-hydrogen) atoms. The molecule has 0 N–H and O–H groups in total. The quantitative estimate of drug-likeness (QED) is 0.487. The van der Waals surface area contributed by atoms with Gasteiger partial charge in [-0.3, -0.25) is 4.79 Å². The Morgan fingerprint density at radius 1 is 1.45 bits per heavy atom. The van der Waals surface area contributed by atoms with Gasteiger partial charge in [0.05, 0.1) is 5.92 Å². The summed E-state index contributed by atoms with van der Waals surface area (Å²) in [7, 11) is 0. The normalized spacial score (nSPS) is 58.6. The van der Waals surface area contributed by atoms with Crippen LogP contribution in [-0.4, -0.2) is 18.2 Å². The number of alkyl halides is 1. The molecule has 1 heterocycles. The summed E-state index contributed by atoms with van der Waals surface area (Å²) in [6.07, 6.45) is 0.688. The van der Waals surface area contributed by atoms with Gasteiger partial charge in [0, 0.05) is 5.92 Å². The number of halogens is 1. The van der Waals surface area contributed by atoms with Gasteiger partial charge in [0.1, 0.15) is 12.3 Å². The van der Waals surface area contributed by atoms with Crippen LogP contribution >= 0.6 is 0 Å². The molecule has 2 bridgehead atoms. The fourth-order valence-electron chi connectivity index (χ4n) is 2.91. The Hall–Kier alpha value is -0.600. The van der Waals surface area contributed by atoms with Crippen LogP contribution in [0.2, 0.25) is 0 Å². The molecule has 3 rings (SSSR count). The summed E-state index contributed by atoms with van der Waals surface area (Å²) < 4.78 is 18.3. The highest BCUT2D eigenvalue weighted by atomic mass is 19.1. The van der Waals surface area contributed by atoms with Crippen molar-refractivity contribution in [3.8, 4) is 0 Å². The Morgan fingerprint density at radius 2 is 2.27 bits per heavy atom. The minimum absolute atomic E-state index is 0.0683. The third-order valence-electron chi connectivity index (χ3n) is 3.37. The maximum atomic E-state index is 13.3. The lowest BCUT2D eigenvalue weighted by molar-refractivity contribution is -0.143. The van der Waals surface area contributed by atoms with Gasteiger partial charge < -0.3 is 4.74 Å². The van der Waals surface area contributed by atoms with Gasteiger partial charge in [0.2, 0.25) is 0 Å². The summed E-state index contributed by atoms with van der Waals surface area (Å²) in [5, 5.41) is 0. The van der Waals surface area contributed by atoms with E-state index in [0.29, 0.717) is 0 Å². The zero-order chi connectivity index (χ0) is 7.59. The molecule has 0 aromatic rings. The van der Waals surface area contributed by atoms with Crippen molar-refractivity contribution in [1.82, 2.24) is 0 Å². The number of rotatable bonds is 0. The Kier molecular flexibility index (Phi) is 0.866. The Labute approximate surface area is 63.7 Å². The van der Waals surface area contributed by atoms with E-state index in [1.807, 2.05) is 0 Å². The second kappa shape index (κ2) is 1.59. The first-order valence-electron chi connectivity index (χ1n) is 4.12.